The lowest BCUT2D eigenvalue weighted by molar-refractivity contribution is 0.455. The normalized spacial score (nSPS) is 15.7. The molecule has 3 nitrogen and oxygen atoms in total. The minimum Gasteiger partial charge on any atom is -0.299 e. The van der Waals surface area contributed by atoms with Crippen LogP contribution >= 0.6 is 0 Å². The lowest BCUT2D eigenvalue weighted by atomic mass is 10.0. The predicted molar refractivity (Wildman–Crippen MR) is 86.0 cm³/mol. The number of nitrogens with zero attached hydrogens (tertiary/aromatic N) is 2. The molecule has 1 aromatic heterocycles. The highest BCUT2D eigenvalue weighted by Crippen LogP contribution is 2.28. The fraction of sp³-hybridized carbons (Fsp3) is 0.500. The number of rotatable bonds is 5. The van der Waals surface area contributed by atoms with E-state index in [9.17, 15) is 4.79 Å². The molecule has 21 heavy (non-hydrogen) atoms. The highest BCUT2D eigenvalue weighted by Gasteiger charge is 2.14. The average molecular weight is 284 g/mol. The Morgan fingerprint density at radius 1 is 1.10 bits per heavy atom. The molecular formula is C18H24N2O. The number of aromatic nitrogens is 2. The second-order valence-corrected chi connectivity index (χ2v) is 6.27. The van der Waals surface area contributed by atoms with Gasteiger partial charge in [-0.2, -0.15) is 0 Å². The Kier molecular flexibility index (Phi) is 4.28. The zero-order chi connectivity index (χ0) is 14.7. The van der Waals surface area contributed by atoms with Gasteiger partial charge in [-0.1, -0.05) is 43.4 Å². The van der Waals surface area contributed by atoms with Crippen LogP contribution in [0, 0.1) is 12.8 Å². The van der Waals surface area contributed by atoms with Gasteiger partial charge >= 0.3 is 5.69 Å². The van der Waals surface area contributed by atoms with Crippen molar-refractivity contribution in [1.29, 1.82) is 0 Å². The van der Waals surface area contributed by atoms with Crippen LogP contribution in [-0.2, 0) is 6.54 Å². The minimum absolute atomic E-state index is 0.0743. The summed E-state index contributed by atoms with van der Waals surface area (Å²) >= 11 is 0. The van der Waals surface area contributed by atoms with Gasteiger partial charge in [0.25, 0.3) is 0 Å². The highest BCUT2D eigenvalue weighted by atomic mass is 16.1. The molecule has 1 aliphatic carbocycles. The highest BCUT2D eigenvalue weighted by molar-refractivity contribution is 5.34. The Morgan fingerprint density at radius 2 is 1.81 bits per heavy atom. The van der Waals surface area contributed by atoms with Crippen LogP contribution in [0.15, 0.2) is 41.5 Å². The first-order valence-electron chi connectivity index (χ1n) is 8.09. The molecule has 1 aromatic carbocycles. The van der Waals surface area contributed by atoms with Gasteiger partial charge < -0.3 is 0 Å². The summed E-state index contributed by atoms with van der Waals surface area (Å²) in [4.78, 5) is 12.4. The standard InChI is InChI=1S/C18H24N2O/c1-15-8-10-17(11-9-15)20-14-13-19(18(20)21)12-4-7-16-5-2-3-6-16/h8-11,13-14,16H,2-7,12H2,1H3. The summed E-state index contributed by atoms with van der Waals surface area (Å²) in [6.45, 7) is 2.90. The molecule has 3 heteroatoms. The third-order valence-corrected chi connectivity index (χ3v) is 4.65. The van der Waals surface area contributed by atoms with Crippen molar-refractivity contribution in [3.8, 4) is 5.69 Å². The molecule has 0 radical (unpaired) electrons. The Balaban J connectivity index is 1.64. The largest absolute Gasteiger partial charge is 0.332 e. The zero-order valence-electron chi connectivity index (χ0n) is 12.8. The molecule has 0 N–H and O–H groups in total. The van der Waals surface area contributed by atoms with E-state index in [4.69, 9.17) is 0 Å². The number of imidazole rings is 1. The topological polar surface area (TPSA) is 26.9 Å². The molecule has 3 rings (SSSR count). The van der Waals surface area contributed by atoms with Crippen molar-refractivity contribution in [3.63, 3.8) is 0 Å². The molecule has 1 aliphatic rings. The molecule has 0 atom stereocenters. The van der Waals surface area contributed by atoms with Crippen LogP contribution in [0.25, 0.3) is 5.69 Å². The van der Waals surface area contributed by atoms with E-state index in [0.717, 1.165) is 24.6 Å². The zero-order valence-corrected chi connectivity index (χ0v) is 12.8. The maximum atomic E-state index is 12.4. The van der Waals surface area contributed by atoms with Crippen LogP contribution in [0.5, 0.6) is 0 Å². The van der Waals surface area contributed by atoms with Crippen molar-refractivity contribution in [2.75, 3.05) is 0 Å². The minimum atomic E-state index is 0.0743. The molecule has 112 valence electrons. The van der Waals surface area contributed by atoms with Crippen LogP contribution in [0.1, 0.15) is 44.1 Å². The molecule has 0 amide bonds. The summed E-state index contributed by atoms with van der Waals surface area (Å²) in [5, 5.41) is 0. The molecule has 1 saturated carbocycles. The van der Waals surface area contributed by atoms with E-state index in [0.29, 0.717) is 0 Å². The number of hydrogen-bond acceptors (Lipinski definition) is 1. The van der Waals surface area contributed by atoms with Gasteiger partial charge in [0.05, 0.1) is 5.69 Å². The van der Waals surface area contributed by atoms with Gasteiger partial charge in [0.1, 0.15) is 0 Å². The molecule has 2 aromatic rings. The van der Waals surface area contributed by atoms with E-state index >= 15 is 0 Å². The smallest absolute Gasteiger partial charge is 0.299 e. The Hall–Kier alpha value is -1.77. The number of aryl methyl sites for hydroxylation is 2. The molecular weight excluding hydrogens is 260 g/mol. The summed E-state index contributed by atoms with van der Waals surface area (Å²) in [6.07, 6.45) is 11.7. The second kappa shape index (κ2) is 6.33. The van der Waals surface area contributed by atoms with Gasteiger partial charge in [0.2, 0.25) is 0 Å². The molecule has 0 saturated heterocycles. The SMILES string of the molecule is Cc1ccc(-n2ccn(CCCC3CCCC3)c2=O)cc1. The molecule has 0 bridgehead atoms. The van der Waals surface area contributed by atoms with Crippen molar-refractivity contribution in [3.05, 3.63) is 52.7 Å². The van der Waals surface area contributed by atoms with Crippen LogP contribution in [0.2, 0.25) is 0 Å². The quantitative estimate of drug-likeness (QED) is 0.817. The maximum absolute atomic E-state index is 12.4. The fourth-order valence-corrected chi connectivity index (χ4v) is 3.33. The Bertz CT molecular complexity index is 630. The monoisotopic (exact) mass is 284 g/mol. The van der Waals surface area contributed by atoms with Gasteiger partial charge in [-0.15, -0.1) is 0 Å². The molecule has 0 spiro atoms. The third-order valence-electron chi connectivity index (χ3n) is 4.65. The van der Waals surface area contributed by atoms with E-state index in [-0.39, 0.29) is 5.69 Å². The van der Waals surface area contributed by atoms with Crippen molar-refractivity contribution in [2.24, 2.45) is 5.92 Å². The first-order valence-corrected chi connectivity index (χ1v) is 8.09. The second-order valence-electron chi connectivity index (χ2n) is 6.27. The van der Waals surface area contributed by atoms with Gasteiger partial charge in [-0.25, -0.2) is 4.79 Å². The molecule has 0 unspecified atom stereocenters. The van der Waals surface area contributed by atoms with Crippen molar-refractivity contribution in [2.45, 2.75) is 52.0 Å². The summed E-state index contributed by atoms with van der Waals surface area (Å²) in [5.74, 6) is 0.903. The summed E-state index contributed by atoms with van der Waals surface area (Å²) in [6, 6.07) is 8.08. The summed E-state index contributed by atoms with van der Waals surface area (Å²) in [7, 11) is 0. The molecule has 1 fully saturated rings. The van der Waals surface area contributed by atoms with Crippen LogP contribution in [-0.4, -0.2) is 9.13 Å². The van der Waals surface area contributed by atoms with E-state index in [1.54, 1.807) is 4.57 Å². The summed E-state index contributed by atoms with van der Waals surface area (Å²) in [5.41, 5.74) is 2.23. The third kappa shape index (κ3) is 3.29. The first-order chi connectivity index (χ1) is 10.2. The van der Waals surface area contributed by atoms with Crippen molar-refractivity contribution < 1.29 is 0 Å². The number of benzene rings is 1. The van der Waals surface area contributed by atoms with E-state index < -0.39 is 0 Å². The first kappa shape index (κ1) is 14.2. The van der Waals surface area contributed by atoms with E-state index in [2.05, 4.69) is 6.92 Å². The van der Waals surface area contributed by atoms with Crippen LogP contribution in [0.3, 0.4) is 0 Å². The van der Waals surface area contributed by atoms with Crippen molar-refractivity contribution in [1.82, 2.24) is 9.13 Å². The predicted octanol–water partition coefficient (Wildman–Crippen LogP) is 3.92. The van der Waals surface area contributed by atoms with Crippen LogP contribution in [0.4, 0.5) is 0 Å². The van der Waals surface area contributed by atoms with E-state index in [1.807, 2.05) is 41.2 Å². The molecule has 0 aliphatic heterocycles. The fourth-order valence-electron chi connectivity index (χ4n) is 3.33. The Morgan fingerprint density at radius 3 is 2.52 bits per heavy atom. The van der Waals surface area contributed by atoms with Gasteiger partial charge in [-0.3, -0.25) is 9.13 Å². The van der Waals surface area contributed by atoms with E-state index in [1.165, 1.54) is 37.7 Å². The average Bonchev–Trinajstić information content (AvgIpc) is 3.11. The lowest BCUT2D eigenvalue weighted by Crippen LogP contribution is -2.23. The molecule has 1 heterocycles. The van der Waals surface area contributed by atoms with Gasteiger partial charge in [-0.05, 0) is 37.8 Å². The van der Waals surface area contributed by atoms with Crippen molar-refractivity contribution >= 4 is 0 Å². The number of hydrogen-bond donors (Lipinski definition) is 0. The Labute approximate surface area is 126 Å². The van der Waals surface area contributed by atoms with Crippen LogP contribution < -0.4 is 5.69 Å². The summed E-state index contributed by atoms with van der Waals surface area (Å²) < 4.78 is 3.57. The van der Waals surface area contributed by atoms with Gasteiger partial charge in [0, 0.05) is 18.9 Å². The van der Waals surface area contributed by atoms with Gasteiger partial charge in [0.15, 0.2) is 0 Å². The lowest BCUT2D eigenvalue weighted by Gasteiger charge is -2.08. The maximum Gasteiger partial charge on any atom is 0.332 e.